The second kappa shape index (κ2) is 5.51. The molecule has 0 aromatic heterocycles. The highest BCUT2D eigenvalue weighted by Gasteiger charge is 2.16. The summed E-state index contributed by atoms with van der Waals surface area (Å²) in [5.41, 5.74) is 0. The molecule has 0 amide bonds. The molecule has 3 nitrogen and oxygen atoms in total. The van der Waals surface area contributed by atoms with E-state index < -0.39 is 0 Å². The molecule has 12 heavy (non-hydrogen) atoms. The van der Waals surface area contributed by atoms with Gasteiger partial charge < -0.3 is 14.8 Å². The van der Waals surface area contributed by atoms with E-state index in [1.807, 2.05) is 0 Å². The number of ether oxygens (including phenoxy) is 2. The fourth-order valence-corrected chi connectivity index (χ4v) is 1.37. The number of rotatable bonds is 5. The molecule has 1 saturated heterocycles. The maximum atomic E-state index is 5.31. The van der Waals surface area contributed by atoms with Crippen LogP contribution in [-0.2, 0) is 9.47 Å². The third-order valence-electron chi connectivity index (χ3n) is 2.25. The molecule has 1 N–H and O–H groups in total. The third-order valence-corrected chi connectivity index (χ3v) is 2.25. The molecular formula is C9H19NO2. The Balaban J connectivity index is 2.06. The molecule has 1 heterocycles. The van der Waals surface area contributed by atoms with Gasteiger partial charge in [-0.2, -0.15) is 0 Å². The van der Waals surface area contributed by atoms with Crippen LogP contribution in [0.25, 0.3) is 0 Å². The summed E-state index contributed by atoms with van der Waals surface area (Å²) >= 11 is 0. The van der Waals surface area contributed by atoms with Crippen LogP contribution in [0.15, 0.2) is 0 Å². The predicted molar refractivity (Wildman–Crippen MR) is 48.1 cm³/mol. The normalized spacial score (nSPS) is 19.2. The first-order chi connectivity index (χ1) is 5.86. The van der Waals surface area contributed by atoms with E-state index >= 15 is 0 Å². The van der Waals surface area contributed by atoms with Crippen LogP contribution in [0.4, 0.5) is 0 Å². The van der Waals surface area contributed by atoms with E-state index in [4.69, 9.17) is 9.47 Å². The van der Waals surface area contributed by atoms with Crippen molar-refractivity contribution >= 4 is 0 Å². The van der Waals surface area contributed by atoms with Crippen molar-refractivity contribution in [2.24, 2.45) is 0 Å². The van der Waals surface area contributed by atoms with Gasteiger partial charge in [-0.05, 0) is 12.8 Å². The van der Waals surface area contributed by atoms with Crippen LogP contribution in [0, 0.1) is 0 Å². The molecule has 1 aliphatic heterocycles. The zero-order chi connectivity index (χ0) is 8.81. The van der Waals surface area contributed by atoms with E-state index in [0.29, 0.717) is 6.04 Å². The monoisotopic (exact) mass is 173 g/mol. The van der Waals surface area contributed by atoms with Crippen molar-refractivity contribution in [2.45, 2.75) is 39.0 Å². The van der Waals surface area contributed by atoms with Crippen LogP contribution in [0.1, 0.15) is 26.7 Å². The summed E-state index contributed by atoms with van der Waals surface area (Å²) in [7, 11) is 0. The fraction of sp³-hybridized carbons (Fsp3) is 1.00. The lowest BCUT2D eigenvalue weighted by Gasteiger charge is -2.17. The van der Waals surface area contributed by atoms with Gasteiger partial charge in [0.05, 0.1) is 13.2 Å². The van der Waals surface area contributed by atoms with Gasteiger partial charge in [-0.15, -0.1) is 0 Å². The minimum absolute atomic E-state index is 0.00870. The summed E-state index contributed by atoms with van der Waals surface area (Å²) in [6, 6.07) is 0.609. The highest BCUT2D eigenvalue weighted by atomic mass is 16.7. The van der Waals surface area contributed by atoms with Crippen molar-refractivity contribution < 1.29 is 9.47 Å². The first kappa shape index (κ1) is 9.96. The minimum Gasteiger partial charge on any atom is -0.349 e. The number of hydrogen-bond acceptors (Lipinski definition) is 3. The van der Waals surface area contributed by atoms with E-state index in [1.54, 1.807) is 0 Å². The Labute approximate surface area is 74.4 Å². The molecule has 1 fully saturated rings. The number of hydrogen-bond donors (Lipinski definition) is 1. The molecule has 1 aliphatic rings. The largest absolute Gasteiger partial charge is 0.349 e. The fourth-order valence-electron chi connectivity index (χ4n) is 1.37. The molecule has 0 unspecified atom stereocenters. The predicted octanol–water partition coefficient (Wildman–Crippen LogP) is 1.14. The lowest BCUT2D eigenvalue weighted by atomic mass is 10.2. The second-order valence-electron chi connectivity index (χ2n) is 3.09. The maximum absolute atomic E-state index is 5.31. The van der Waals surface area contributed by atoms with E-state index in [9.17, 15) is 0 Å². The standard InChI is InChI=1S/C9H19NO2/c1-3-8(4-2)10-7-9-11-5-6-12-9/h8-10H,3-7H2,1-2H3. The summed E-state index contributed by atoms with van der Waals surface area (Å²) in [5, 5.41) is 3.41. The molecule has 0 atom stereocenters. The van der Waals surface area contributed by atoms with Crippen LogP contribution in [0.5, 0.6) is 0 Å². The van der Waals surface area contributed by atoms with Gasteiger partial charge in [-0.25, -0.2) is 0 Å². The van der Waals surface area contributed by atoms with Crippen molar-refractivity contribution in [3.05, 3.63) is 0 Å². The average Bonchev–Trinajstić information content (AvgIpc) is 2.59. The molecule has 1 rings (SSSR count). The molecule has 0 radical (unpaired) electrons. The molecule has 0 saturated carbocycles. The minimum atomic E-state index is -0.00870. The van der Waals surface area contributed by atoms with Crippen LogP contribution in [-0.4, -0.2) is 32.1 Å². The second-order valence-corrected chi connectivity index (χ2v) is 3.09. The van der Waals surface area contributed by atoms with Crippen LogP contribution < -0.4 is 5.32 Å². The average molecular weight is 173 g/mol. The smallest absolute Gasteiger partial charge is 0.170 e. The van der Waals surface area contributed by atoms with Gasteiger partial charge in [-0.1, -0.05) is 13.8 Å². The van der Waals surface area contributed by atoms with Gasteiger partial charge in [0.15, 0.2) is 6.29 Å². The Bertz CT molecular complexity index is 107. The van der Waals surface area contributed by atoms with Gasteiger partial charge >= 0.3 is 0 Å². The lowest BCUT2D eigenvalue weighted by Crippen LogP contribution is -2.35. The van der Waals surface area contributed by atoms with Crippen LogP contribution >= 0.6 is 0 Å². The van der Waals surface area contributed by atoms with E-state index in [2.05, 4.69) is 19.2 Å². The summed E-state index contributed by atoms with van der Waals surface area (Å²) in [4.78, 5) is 0. The molecule has 0 spiro atoms. The van der Waals surface area contributed by atoms with E-state index in [-0.39, 0.29) is 6.29 Å². The molecule has 3 heteroatoms. The van der Waals surface area contributed by atoms with Crippen molar-refractivity contribution in [3.63, 3.8) is 0 Å². The molecule has 0 bridgehead atoms. The van der Waals surface area contributed by atoms with Crippen LogP contribution in [0.3, 0.4) is 0 Å². The first-order valence-corrected chi connectivity index (χ1v) is 4.83. The quantitative estimate of drug-likeness (QED) is 0.676. The number of nitrogens with one attached hydrogen (secondary N) is 1. The Morgan fingerprint density at radius 2 is 1.83 bits per heavy atom. The van der Waals surface area contributed by atoms with Gasteiger partial charge in [0.2, 0.25) is 0 Å². The van der Waals surface area contributed by atoms with Crippen molar-refractivity contribution in [3.8, 4) is 0 Å². The molecule has 0 aliphatic carbocycles. The highest BCUT2D eigenvalue weighted by Crippen LogP contribution is 2.03. The zero-order valence-corrected chi connectivity index (χ0v) is 8.01. The summed E-state index contributed by atoms with van der Waals surface area (Å²) in [6.07, 6.45) is 2.33. The third kappa shape index (κ3) is 3.09. The van der Waals surface area contributed by atoms with E-state index in [0.717, 1.165) is 19.8 Å². The van der Waals surface area contributed by atoms with Gasteiger partial charge in [0, 0.05) is 12.6 Å². The maximum Gasteiger partial charge on any atom is 0.170 e. The van der Waals surface area contributed by atoms with Gasteiger partial charge in [0.25, 0.3) is 0 Å². The Kier molecular flexibility index (Phi) is 4.58. The SMILES string of the molecule is CCC(CC)NCC1OCCO1. The summed E-state index contributed by atoms with van der Waals surface area (Å²) < 4.78 is 10.6. The van der Waals surface area contributed by atoms with Crippen molar-refractivity contribution in [1.29, 1.82) is 0 Å². The summed E-state index contributed by atoms with van der Waals surface area (Å²) in [6.45, 7) is 6.70. The molecule has 0 aromatic carbocycles. The zero-order valence-electron chi connectivity index (χ0n) is 8.01. The van der Waals surface area contributed by atoms with Crippen molar-refractivity contribution in [2.75, 3.05) is 19.8 Å². The van der Waals surface area contributed by atoms with Crippen LogP contribution in [0.2, 0.25) is 0 Å². The van der Waals surface area contributed by atoms with Gasteiger partial charge in [0.1, 0.15) is 0 Å². The Morgan fingerprint density at radius 3 is 2.33 bits per heavy atom. The lowest BCUT2D eigenvalue weighted by molar-refractivity contribution is -0.0407. The van der Waals surface area contributed by atoms with Crippen molar-refractivity contribution in [1.82, 2.24) is 5.32 Å². The van der Waals surface area contributed by atoms with E-state index in [1.165, 1.54) is 12.8 Å². The van der Waals surface area contributed by atoms with Gasteiger partial charge in [-0.3, -0.25) is 0 Å². The topological polar surface area (TPSA) is 30.5 Å². The highest BCUT2D eigenvalue weighted by molar-refractivity contribution is 4.64. The Hall–Kier alpha value is -0.120. The Morgan fingerprint density at radius 1 is 1.25 bits per heavy atom. The summed E-state index contributed by atoms with van der Waals surface area (Å²) in [5.74, 6) is 0. The first-order valence-electron chi connectivity index (χ1n) is 4.83. The molecule has 0 aromatic rings. The molecule has 72 valence electrons. The molecular weight excluding hydrogens is 154 g/mol.